The number of ether oxygens (including phenoxy) is 1. The molecule has 3 rings (SSSR count). The first kappa shape index (κ1) is 17.1. The van der Waals surface area contributed by atoms with Crippen LogP contribution in [0.15, 0.2) is 58.4 Å². The summed E-state index contributed by atoms with van der Waals surface area (Å²) in [5.41, 5.74) is 1.71. The molecule has 2 aromatic carbocycles. The van der Waals surface area contributed by atoms with Gasteiger partial charge in [-0.2, -0.15) is 5.26 Å². The van der Waals surface area contributed by atoms with Crippen molar-refractivity contribution in [3.63, 3.8) is 0 Å². The van der Waals surface area contributed by atoms with E-state index in [-0.39, 0.29) is 11.1 Å². The summed E-state index contributed by atoms with van der Waals surface area (Å²) in [4.78, 5) is 15.9. The van der Waals surface area contributed by atoms with Gasteiger partial charge in [0.1, 0.15) is 12.4 Å². The highest BCUT2D eigenvalue weighted by atomic mass is 35.5. The maximum atomic E-state index is 12.0. The summed E-state index contributed by atoms with van der Waals surface area (Å²) in [6.07, 6.45) is 3.33. The van der Waals surface area contributed by atoms with Gasteiger partial charge in [0.15, 0.2) is 5.17 Å². The summed E-state index contributed by atoms with van der Waals surface area (Å²) in [5, 5.41) is 11.9. The topological polar surface area (TPSA) is 74.5 Å². The number of aliphatic imine (C=N–C) groups is 1. The maximum absolute atomic E-state index is 12.0. The number of nitriles is 1. The van der Waals surface area contributed by atoms with E-state index < -0.39 is 0 Å². The third kappa shape index (κ3) is 4.41. The molecule has 5 nitrogen and oxygen atoms in total. The van der Waals surface area contributed by atoms with E-state index in [0.717, 1.165) is 17.3 Å². The van der Waals surface area contributed by atoms with Crippen molar-refractivity contribution in [1.29, 1.82) is 5.26 Å². The van der Waals surface area contributed by atoms with Crippen LogP contribution in [0.2, 0.25) is 5.02 Å². The SMILES string of the molecule is N#CN=C1NC(=O)C(=Cc2cc(Cl)ccc2OCc2ccccc2)S1. The minimum absolute atomic E-state index is 0.257. The van der Waals surface area contributed by atoms with Crippen LogP contribution in [0.4, 0.5) is 0 Å². The monoisotopic (exact) mass is 369 g/mol. The number of nitrogens with zero attached hydrogens (tertiary/aromatic N) is 2. The zero-order chi connectivity index (χ0) is 17.6. The van der Waals surface area contributed by atoms with Crippen molar-refractivity contribution in [1.82, 2.24) is 5.32 Å². The minimum Gasteiger partial charge on any atom is -0.488 e. The minimum atomic E-state index is -0.312. The molecule has 0 spiro atoms. The van der Waals surface area contributed by atoms with Crippen molar-refractivity contribution in [2.24, 2.45) is 4.99 Å². The zero-order valence-electron chi connectivity index (χ0n) is 12.9. The summed E-state index contributed by atoms with van der Waals surface area (Å²) in [6.45, 7) is 0.402. The molecule has 0 bridgehead atoms. The smallest absolute Gasteiger partial charge is 0.264 e. The summed E-state index contributed by atoms with van der Waals surface area (Å²) in [6, 6.07) is 15.0. The number of halogens is 1. The fourth-order valence-electron chi connectivity index (χ4n) is 2.17. The van der Waals surface area contributed by atoms with Crippen LogP contribution in [0, 0.1) is 11.5 Å². The lowest BCUT2D eigenvalue weighted by atomic mass is 10.1. The molecule has 0 atom stereocenters. The van der Waals surface area contributed by atoms with Gasteiger partial charge in [0, 0.05) is 10.6 Å². The van der Waals surface area contributed by atoms with E-state index in [0.29, 0.717) is 27.8 Å². The first-order valence-electron chi connectivity index (χ1n) is 7.29. The molecular formula is C18H12ClN3O2S. The Morgan fingerprint density at radius 3 is 2.84 bits per heavy atom. The molecule has 1 heterocycles. The molecule has 1 amide bonds. The predicted molar refractivity (Wildman–Crippen MR) is 99.0 cm³/mol. The van der Waals surface area contributed by atoms with Crippen molar-refractivity contribution in [2.45, 2.75) is 6.61 Å². The van der Waals surface area contributed by atoms with E-state index in [1.807, 2.05) is 30.3 Å². The second kappa shape index (κ2) is 7.88. The van der Waals surface area contributed by atoms with Gasteiger partial charge in [0.25, 0.3) is 5.91 Å². The summed E-state index contributed by atoms with van der Waals surface area (Å²) in [7, 11) is 0. The number of hydrogen-bond donors (Lipinski definition) is 1. The molecule has 1 aliphatic heterocycles. The Hall–Kier alpha value is -2.75. The van der Waals surface area contributed by atoms with Crippen molar-refractivity contribution in [3.8, 4) is 11.9 Å². The number of hydrogen-bond acceptors (Lipinski definition) is 5. The molecule has 0 unspecified atom stereocenters. The highest BCUT2D eigenvalue weighted by Gasteiger charge is 2.24. The molecule has 2 aromatic rings. The van der Waals surface area contributed by atoms with Crippen LogP contribution in [-0.4, -0.2) is 11.1 Å². The lowest BCUT2D eigenvalue weighted by Crippen LogP contribution is -2.19. The molecular weight excluding hydrogens is 358 g/mol. The molecule has 0 aliphatic carbocycles. The standard InChI is InChI=1S/C18H12ClN3O2S/c19-14-6-7-15(24-10-12-4-2-1-3-5-12)13(8-14)9-16-17(23)22-18(25-16)21-11-20/h1-9H,10H2,(H,21,22,23). The molecule has 0 aromatic heterocycles. The lowest BCUT2D eigenvalue weighted by molar-refractivity contribution is -0.115. The second-order valence-electron chi connectivity index (χ2n) is 5.04. The van der Waals surface area contributed by atoms with E-state index in [2.05, 4.69) is 10.3 Å². The summed E-state index contributed by atoms with van der Waals surface area (Å²) in [5.74, 6) is 0.299. The van der Waals surface area contributed by atoms with Crippen molar-refractivity contribution >= 4 is 40.5 Å². The first-order chi connectivity index (χ1) is 12.2. The molecule has 1 saturated heterocycles. The molecule has 0 saturated carbocycles. The first-order valence-corrected chi connectivity index (χ1v) is 8.49. The number of rotatable bonds is 4. The number of nitrogens with one attached hydrogen (secondary N) is 1. The van der Waals surface area contributed by atoms with Crippen LogP contribution < -0.4 is 10.1 Å². The van der Waals surface area contributed by atoms with E-state index in [4.69, 9.17) is 21.6 Å². The maximum Gasteiger partial charge on any atom is 0.264 e. The highest BCUT2D eigenvalue weighted by molar-refractivity contribution is 8.18. The summed E-state index contributed by atoms with van der Waals surface area (Å²) >= 11 is 7.17. The Bertz CT molecular complexity index is 904. The predicted octanol–water partition coefficient (Wildman–Crippen LogP) is 3.96. The van der Waals surface area contributed by atoms with Gasteiger partial charge in [-0.15, -0.1) is 4.99 Å². The Morgan fingerprint density at radius 2 is 2.08 bits per heavy atom. The molecule has 1 fully saturated rings. The van der Waals surface area contributed by atoms with Crippen molar-refractivity contribution < 1.29 is 9.53 Å². The third-order valence-corrected chi connectivity index (χ3v) is 4.44. The van der Waals surface area contributed by atoms with Gasteiger partial charge in [-0.05, 0) is 41.6 Å². The third-order valence-electron chi connectivity index (χ3n) is 3.30. The summed E-state index contributed by atoms with van der Waals surface area (Å²) < 4.78 is 5.87. The molecule has 0 radical (unpaired) electrons. The van der Waals surface area contributed by atoms with Crippen LogP contribution in [0.1, 0.15) is 11.1 Å². The Balaban J connectivity index is 1.85. The largest absolute Gasteiger partial charge is 0.488 e. The van der Waals surface area contributed by atoms with Gasteiger partial charge in [-0.3, -0.25) is 10.1 Å². The van der Waals surface area contributed by atoms with Gasteiger partial charge < -0.3 is 4.74 Å². The highest BCUT2D eigenvalue weighted by Crippen LogP contribution is 2.31. The van der Waals surface area contributed by atoms with E-state index in [1.165, 1.54) is 0 Å². The Labute approximate surface area is 154 Å². The molecule has 124 valence electrons. The molecule has 1 aliphatic rings. The molecule has 7 heteroatoms. The van der Waals surface area contributed by atoms with Crippen molar-refractivity contribution in [3.05, 3.63) is 69.6 Å². The van der Waals surface area contributed by atoms with Gasteiger partial charge >= 0.3 is 0 Å². The van der Waals surface area contributed by atoms with Gasteiger partial charge in [-0.25, -0.2) is 0 Å². The normalized spacial score (nSPS) is 16.7. The van der Waals surface area contributed by atoms with Crippen LogP contribution in [0.5, 0.6) is 5.75 Å². The van der Waals surface area contributed by atoms with Crippen LogP contribution >= 0.6 is 23.4 Å². The van der Waals surface area contributed by atoms with Crippen LogP contribution in [-0.2, 0) is 11.4 Å². The number of carbonyl (C=O) groups is 1. The lowest BCUT2D eigenvalue weighted by Gasteiger charge is -2.10. The van der Waals surface area contributed by atoms with Gasteiger partial charge in [-0.1, -0.05) is 41.9 Å². The molecule has 25 heavy (non-hydrogen) atoms. The average molecular weight is 370 g/mol. The average Bonchev–Trinajstić information content (AvgIpc) is 2.95. The number of thioether (sulfide) groups is 1. The second-order valence-corrected chi connectivity index (χ2v) is 6.51. The number of carbonyl (C=O) groups excluding carboxylic acids is 1. The van der Waals surface area contributed by atoms with E-state index in [1.54, 1.807) is 30.5 Å². The fourth-order valence-corrected chi connectivity index (χ4v) is 3.11. The van der Waals surface area contributed by atoms with E-state index in [9.17, 15) is 4.79 Å². The van der Waals surface area contributed by atoms with Gasteiger partial charge in [0.05, 0.1) is 4.91 Å². The fraction of sp³-hybridized carbons (Fsp3) is 0.0556. The van der Waals surface area contributed by atoms with Crippen LogP contribution in [0.25, 0.3) is 6.08 Å². The Kier molecular flexibility index (Phi) is 5.39. The Morgan fingerprint density at radius 1 is 1.28 bits per heavy atom. The van der Waals surface area contributed by atoms with Crippen molar-refractivity contribution in [2.75, 3.05) is 0 Å². The van der Waals surface area contributed by atoms with Gasteiger partial charge in [0.2, 0.25) is 6.19 Å². The number of benzene rings is 2. The zero-order valence-corrected chi connectivity index (χ0v) is 14.5. The molecule has 1 N–H and O–H groups in total. The number of amides is 1. The van der Waals surface area contributed by atoms with Crippen LogP contribution in [0.3, 0.4) is 0 Å². The number of amidine groups is 1. The quantitative estimate of drug-likeness (QED) is 0.653. The van der Waals surface area contributed by atoms with E-state index >= 15 is 0 Å².